The molecule has 0 radical (unpaired) electrons. The molecule has 19 heavy (non-hydrogen) atoms. The molecule has 0 aliphatic rings. The highest BCUT2D eigenvalue weighted by atomic mass is 32.1. The van der Waals surface area contributed by atoms with E-state index in [-0.39, 0.29) is 5.91 Å². The Morgan fingerprint density at radius 2 is 2.37 bits per heavy atom. The molecule has 1 aromatic carbocycles. The van der Waals surface area contributed by atoms with Crippen LogP contribution in [0.15, 0.2) is 41.9 Å². The van der Waals surface area contributed by atoms with E-state index in [1.54, 1.807) is 23.6 Å². The quantitative estimate of drug-likeness (QED) is 0.647. The van der Waals surface area contributed by atoms with Gasteiger partial charge in [0.25, 0.3) is 0 Å². The second-order valence-corrected chi connectivity index (χ2v) is 4.95. The van der Waals surface area contributed by atoms with Gasteiger partial charge in [-0.3, -0.25) is 4.79 Å². The molecule has 0 saturated heterocycles. The first-order valence-corrected chi connectivity index (χ1v) is 6.82. The van der Waals surface area contributed by atoms with Crippen LogP contribution in [0.25, 0.3) is 6.08 Å². The monoisotopic (exact) mass is 273 g/mol. The molecule has 0 aliphatic heterocycles. The van der Waals surface area contributed by atoms with Crippen molar-refractivity contribution < 1.29 is 4.79 Å². The summed E-state index contributed by atoms with van der Waals surface area (Å²) in [5.41, 5.74) is 7.26. The van der Waals surface area contributed by atoms with Gasteiger partial charge in [0.15, 0.2) is 0 Å². The van der Waals surface area contributed by atoms with Gasteiger partial charge in [0.2, 0.25) is 5.91 Å². The third-order valence-electron chi connectivity index (χ3n) is 2.46. The minimum absolute atomic E-state index is 0.112. The second kappa shape index (κ2) is 6.70. The van der Waals surface area contributed by atoms with Gasteiger partial charge in [-0.2, -0.15) is 0 Å². The molecule has 0 atom stereocenters. The number of nitrogen functional groups attached to an aromatic ring is 1. The lowest BCUT2D eigenvalue weighted by molar-refractivity contribution is -0.116. The average molecular weight is 273 g/mol. The van der Waals surface area contributed by atoms with E-state index in [1.165, 1.54) is 6.08 Å². The van der Waals surface area contributed by atoms with Crippen molar-refractivity contribution in [2.45, 2.75) is 6.42 Å². The molecule has 1 aromatic heterocycles. The summed E-state index contributed by atoms with van der Waals surface area (Å²) in [4.78, 5) is 15.7. The lowest BCUT2D eigenvalue weighted by Crippen LogP contribution is -2.23. The van der Waals surface area contributed by atoms with E-state index in [0.717, 1.165) is 17.0 Å². The van der Waals surface area contributed by atoms with E-state index in [9.17, 15) is 4.79 Å². The number of nitrogens with zero attached hydrogens (tertiary/aromatic N) is 1. The van der Waals surface area contributed by atoms with Crippen molar-refractivity contribution in [2.24, 2.45) is 0 Å². The number of rotatable bonds is 5. The predicted molar refractivity (Wildman–Crippen MR) is 78.7 cm³/mol. The molecule has 0 spiro atoms. The fourth-order valence-corrected chi connectivity index (χ4v) is 2.18. The highest BCUT2D eigenvalue weighted by Crippen LogP contribution is 2.08. The van der Waals surface area contributed by atoms with Gasteiger partial charge < -0.3 is 11.1 Å². The first-order chi connectivity index (χ1) is 9.24. The first kappa shape index (κ1) is 13.3. The molecular formula is C14H15N3OS. The fraction of sp³-hybridized carbons (Fsp3) is 0.143. The van der Waals surface area contributed by atoms with Crippen LogP contribution in [0.3, 0.4) is 0 Å². The summed E-state index contributed by atoms with van der Waals surface area (Å²) in [6, 6.07) is 7.38. The number of aromatic nitrogens is 1. The maximum absolute atomic E-state index is 11.6. The molecular weight excluding hydrogens is 258 g/mol. The van der Waals surface area contributed by atoms with Crippen molar-refractivity contribution in [2.75, 3.05) is 12.3 Å². The van der Waals surface area contributed by atoms with Crippen molar-refractivity contribution in [3.05, 3.63) is 52.5 Å². The van der Waals surface area contributed by atoms with Gasteiger partial charge in [-0.25, -0.2) is 4.98 Å². The van der Waals surface area contributed by atoms with E-state index in [1.807, 2.05) is 29.6 Å². The minimum Gasteiger partial charge on any atom is -0.399 e. The number of thiazole rings is 1. The van der Waals surface area contributed by atoms with Crippen LogP contribution in [0.5, 0.6) is 0 Å². The molecule has 0 saturated carbocycles. The number of carbonyl (C=O) groups excluding carboxylic acids is 1. The van der Waals surface area contributed by atoms with Gasteiger partial charge in [0, 0.05) is 36.3 Å². The number of anilines is 1. The third-order valence-corrected chi connectivity index (χ3v) is 3.30. The number of nitrogens with two attached hydrogens (primary N) is 1. The zero-order valence-corrected chi connectivity index (χ0v) is 11.2. The van der Waals surface area contributed by atoms with Crippen molar-refractivity contribution in [1.29, 1.82) is 0 Å². The van der Waals surface area contributed by atoms with E-state index in [2.05, 4.69) is 10.3 Å². The molecule has 0 bridgehead atoms. The summed E-state index contributed by atoms with van der Waals surface area (Å²) >= 11 is 1.59. The molecule has 5 heteroatoms. The van der Waals surface area contributed by atoms with Crippen molar-refractivity contribution in [3.63, 3.8) is 0 Å². The number of hydrogen-bond donors (Lipinski definition) is 2. The lowest BCUT2D eigenvalue weighted by Gasteiger charge is -2.00. The number of benzene rings is 1. The molecule has 0 fully saturated rings. The van der Waals surface area contributed by atoms with Crippen LogP contribution in [0.2, 0.25) is 0 Å². The third kappa shape index (κ3) is 4.56. The van der Waals surface area contributed by atoms with Crippen LogP contribution in [0, 0.1) is 0 Å². The van der Waals surface area contributed by atoms with Crippen molar-refractivity contribution in [3.8, 4) is 0 Å². The molecule has 2 aromatic rings. The summed E-state index contributed by atoms with van der Waals surface area (Å²) < 4.78 is 0. The lowest BCUT2D eigenvalue weighted by atomic mass is 10.2. The van der Waals surface area contributed by atoms with Crippen LogP contribution < -0.4 is 11.1 Å². The van der Waals surface area contributed by atoms with E-state index in [4.69, 9.17) is 5.73 Å². The van der Waals surface area contributed by atoms with Crippen LogP contribution in [-0.2, 0) is 11.2 Å². The summed E-state index contributed by atoms with van der Waals surface area (Å²) in [7, 11) is 0. The van der Waals surface area contributed by atoms with Crippen LogP contribution in [-0.4, -0.2) is 17.4 Å². The van der Waals surface area contributed by atoms with Crippen molar-refractivity contribution in [1.82, 2.24) is 10.3 Å². The molecule has 3 N–H and O–H groups in total. The topological polar surface area (TPSA) is 68.0 Å². The van der Waals surface area contributed by atoms with E-state index in [0.29, 0.717) is 12.2 Å². The molecule has 1 heterocycles. The van der Waals surface area contributed by atoms with Crippen molar-refractivity contribution >= 4 is 29.0 Å². The maximum atomic E-state index is 11.6. The Morgan fingerprint density at radius 3 is 3.11 bits per heavy atom. The Kier molecular flexibility index (Phi) is 4.69. The van der Waals surface area contributed by atoms with Gasteiger partial charge in [-0.15, -0.1) is 11.3 Å². The summed E-state index contributed by atoms with van der Waals surface area (Å²) in [6.45, 7) is 0.591. The van der Waals surface area contributed by atoms with E-state index >= 15 is 0 Å². The van der Waals surface area contributed by atoms with E-state index < -0.39 is 0 Å². The molecule has 98 valence electrons. The smallest absolute Gasteiger partial charge is 0.244 e. The summed E-state index contributed by atoms with van der Waals surface area (Å²) in [6.07, 6.45) is 5.78. The molecule has 2 rings (SSSR count). The zero-order valence-electron chi connectivity index (χ0n) is 10.4. The standard InChI is InChI=1S/C14H15N3OS/c15-12-3-1-2-11(10-12)4-5-13(18)16-7-6-14-17-8-9-19-14/h1-5,8-10H,6-7,15H2,(H,16,18)/b5-4+. The normalized spacial score (nSPS) is 10.7. The van der Waals surface area contributed by atoms with Gasteiger partial charge in [-0.05, 0) is 23.8 Å². The maximum Gasteiger partial charge on any atom is 0.244 e. The summed E-state index contributed by atoms with van der Waals surface area (Å²) in [5, 5.41) is 5.77. The first-order valence-electron chi connectivity index (χ1n) is 5.94. The highest BCUT2D eigenvalue weighted by molar-refractivity contribution is 7.09. The number of hydrogen-bond acceptors (Lipinski definition) is 4. The minimum atomic E-state index is -0.112. The predicted octanol–water partition coefficient (Wildman–Crippen LogP) is 2.10. The Labute approximate surface area is 116 Å². The molecule has 1 amide bonds. The van der Waals surface area contributed by atoms with Crippen LogP contribution >= 0.6 is 11.3 Å². The van der Waals surface area contributed by atoms with Gasteiger partial charge in [0.05, 0.1) is 5.01 Å². The summed E-state index contributed by atoms with van der Waals surface area (Å²) in [5.74, 6) is -0.112. The Hall–Kier alpha value is -2.14. The Morgan fingerprint density at radius 1 is 1.47 bits per heavy atom. The number of nitrogens with one attached hydrogen (secondary N) is 1. The van der Waals surface area contributed by atoms with Crippen LogP contribution in [0.1, 0.15) is 10.6 Å². The fourth-order valence-electron chi connectivity index (χ4n) is 1.56. The average Bonchev–Trinajstić information content (AvgIpc) is 2.90. The Balaban J connectivity index is 1.78. The molecule has 0 unspecified atom stereocenters. The molecule has 4 nitrogen and oxygen atoms in total. The number of amides is 1. The van der Waals surface area contributed by atoms with Gasteiger partial charge in [0.1, 0.15) is 0 Å². The van der Waals surface area contributed by atoms with Gasteiger partial charge >= 0.3 is 0 Å². The second-order valence-electron chi connectivity index (χ2n) is 3.97. The number of carbonyl (C=O) groups is 1. The highest BCUT2D eigenvalue weighted by Gasteiger charge is 1.98. The van der Waals surface area contributed by atoms with Gasteiger partial charge in [-0.1, -0.05) is 12.1 Å². The molecule has 0 aliphatic carbocycles. The zero-order chi connectivity index (χ0) is 13.5. The van der Waals surface area contributed by atoms with Crippen LogP contribution in [0.4, 0.5) is 5.69 Å². The Bertz CT molecular complexity index is 564. The largest absolute Gasteiger partial charge is 0.399 e. The SMILES string of the molecule is Nc1cccc(/C=C/C(=O)NCCc2nccs2)c1.